The lowest BCUT2D eigenvalue weighted by Gasteiger charge is -2.03. The number of hydrogen-bond acceptors (Lipinski definition) is 1. The van der Waals surface area contributed by atoms with Crippen molar-refractivity contribution in [3.63, 3.8) is 0 Å². The molecule has 0 aromatic carbocycles. The van der Waals surface area contributed by atoms with Gasteiger partial charge in [0.15, 0.2) is 0 Å². The van der Waals surface area contributed by atoms with Crippen LogP contribution < -0.4 is 5.73 Å². The number of nitrogens with two attached hydrogens (primary N) is 1. The molecule has 2 heteroatoms. The summed E-state index contributed by atoms with van der Waals surface area (Å²) in [6.07, 6.45) is 0. The predicted molar refractivity (Wildman–Crippen MR) is 32.0 cm³/mol. The zero-order chi connectivity index (χ0) is 5.15. The Balaban J connectivity index is 2.99. The van der Waals surface area contributed by atoms with Crippen molar-refractivity contribution in [2.45, 2.75) is 24.7 Å². The molecule has 0 aromatic rings. The first kappa shape index (κ1) is 6.44. The molecule has 1 nitrogen and oxygen atoms in total. The molecular weight excluding hydrogens is 142 g/mol. The molecule has 0 spiro atoms. The van der Waals surface area contributed by atoms with Crippen molar-refractivity contribution in [1.82, 2.24) is 0 Å². The lowest BCUT2D eigenvalue weighted by Crippen LogP contribution is -2.23. The predicted octanol–water partition coefficient (Wildman–Crippen LogP) is 1.12. The third kappa shape index (κ3) is 2.67. The Morgan fingerprint density at radius 3 is 1.67 bits per heavy atom. The fourth-order valence-electron chi connectivity index (χ4n) is 0. The van der Waals surface area contributed by atoms with Gasteiger partial charge in [0.25, 0.3) is 0 Å². The second-order valence-electron chi connectivity index (χ2n) is 1.54. The van der Waals surface area contributed by atoms with E-state index in [1.54, 1.807) is 0 Å². The summed E-state index contributed by atoms with van der Waals surface area (Å²) in [5.74, 6) is 0. The van der Waals surface area contributed by atoms with Crippen LogP contribution >= 0.6 is 15.9 Å². The largest absolute Gasteiger partial charge is 0.327 e. The van der Waals surface area contributed by atoms with Gasteiger partial charge in [-0.05, 0) is 6.92 Å². The van der Waals surface area contributed by atoms with Crippen LogP contribution in [0.1, 0.15) is 13.8 Å². The van der Waals surface area contributed by atoms with Crippen molar-refractivity contribution in [2.75, 3.05) is 0 Å². The third-order valence-corrected chi connectivity index (χ3v) is 1.56. The molecule has 0 amide bonds. The lowest BCUT2D eigenvalue weighted by molar-refractivity contribution is 0.740. The molecule has 0 aliphatic carbocycles. The van der Waals surface area contributed by atoms with Crippen LogP contribution in [-0.2, 0) is 0 Å². The molecule has 6 heavy (non-hydrogen) atoms. The molecule has 0 heterocycles. The number of halogens is 1. The van der Waals surface area contributed by atoms with E-state index in [0.717, 1.165) is 0 Å². The Morgan fingerprint density at radius 2 is 1.67 bits per heavy atom. The van der Waals surface area contributed by atoms with Gasteiger partial charge in [-0.3, -0.25) is 0 Å². The van der Waals surface area contributed by atoms with E-state index >= 15 is 0 Å². The van der Waals surface area contributed by atoms with Crippen molar-refractivity contribution in [2.24, 2.45) is 5.73 Å². The summed E-state index contributed by atoms with van der Waals surface area (Å²) in [7, 11) is 0. The minimum atomic E-state index is 0.269. The highest BCUT2D eigenvalue weighted by molar-refractivity contribution is 9.09. The van der Waals surface area contributed by atoms with Gasteiger partial charge in [0.1, 0.15) is 0 Å². The summed E-state index contributed by atoms with van der Waals surface area (Å²) in [6, 6.07) is 0.269. The first-order valence-electron chi connectivity index (χ1n) is 2.04. The van der Waals surface area contributed by atoms with Gasteiger partial charge in [0, 0.05) is 10.9 Å². The molecule has 0 aliphatic rings. The second kappa shape index (κ2) is 2.59. The van der Waals surface area contributed by atoms with Crippen LogP contribution in [0.15, 0.2) is 0 Å². The van der Waals surface area contributed by atoms with E-state index in [2.05, 4.69) is 15.9 Å². The monoisotopic (exact) mass is 151 g/mol. The van der Waals surface area contributed by atoms with Gasteiger partial charge in [-0.15, -0.1) is 0 Å². The van der Waals surface area contributed by atoms with Crippen molar-refractivity contribution >= 4 is 15.9 Å². The topological polar surface area (TPSA) is 26.0 Å². The molecule has 2 atom stereocenters. The maximum Gasteiger partial charge on any atom is 0.0266 e. The Bertz CT molecular complexity index is 28.5. The van der Waals surface area contributed by atoms with Crippen molar-refractivity contribution in [1.29, 1.82) is 0 Å². The maximum absolute atomic E-state index is 5.39. The third-order valence-electron chi connectivity index (χ3n) is 0.725. The number of rotatable bonds is 1. The zero-order valence-corrected chi connectivity index (χ0v) is 5.70. The normalized spacial score (nSPS) is 20.0. The molecule has 0 unspecified atom stereocenters. The average Bonchev–Trinajstić information content (AvgIpc) is 1.36. The first-order chi connectivity index (χ1) is 2.64. The number of hydrogen-bond donors (Lipinski definition) is 1. The van der Waals surface area contributed by atoms with Gasteiger partial charge in [-0.25, -0.2) is 0 Å². The van der Waals surface area contributed by atoms with Crippen LogP contribution in [0.4, 0.5) is 0 Å². The van der Waals surface area contributed by atoms with Gasteiger partial charge in [-0.1, -0.05) is 22.9 Å². The van der Waals surface area contributed by atoms with Crippen LogP contribution in [0, 0.1) is 0 Å². The van der Waals surface area contributed by atoms with Gasteiger partial charge in [0.05, 0.1) is 0 Å². The summed E-state index contributed by atoms with van der Waals surface area (Å²) < 4.78 is 0. The summed E-state index contributed by atoms with van der Waals surface area (Å²) in [5, 5.41) is 0. The van der Waals surface area contributed by atoms with Gasteiger partial charge in [-0.2, -0.15) is 0 Å². The molecule has 38 valence electrons. The first-order valence-corrected chi connectivity index (χ1v) is 2.96. The highest BCUT2D eigenvalue weighted by Gasteiger charge is 1.98. The van der Waals surface area contributed by atoms with E-state index in [1.165, 1.54) is 0 Å². The molecular formula is C4H10BrN. The molecule has 0 aromatic heterocycles. The van der Waals surface area contributed by atoms with Gasteiger partial charge in [0.2, 0.25) is 0 Å². The Kier molecular flexibility index (Phi) is 2.78. The fraction of sp³-hybridized carbons (Fsp3) is 1.00. The minimum absolute atomic E-state index is 0.269. The Morgan fingerprint density at radius 1 is 1.50 bits per heavy atom. The van der Waals surface area contributed by atoms with Crippen LogP contribution in [0.2, 0.25) is 0 Å². The maximum atomic E-state index is 5.39. The summed E-state index contributed by atoms with van der Waals surface area (Å²) in [6.45, 7) is 4.00. The molecule has 0 saturated carbocycles. The molecule has 0 bridgehead atoms. The highest BCUT2D eigenvalue weighted by Crippen LogP contribution is 1.98. The molecule has 0 radical (unpaired) electrons. The summed E-state index contributed by atoms with van der Waals surface area (Å²) in [4.78, 5) is 0.442. The second-order valence-corrected chi connectivity index (χ2v) is 2.98. The molecule has 0 saturated heterocycles. The minimum Gasteiger partial charge on any atom is -0.327 e. The highest BCUT2D eigenvalue weighted by atomic mass is 79.9. The summed E-state index contributed by atoms with van der Waals surface area (Å²) >= 11 is 3.31. The van der Waals surface area contributed by atoms with Crippen LogP contribution in [0.3, 0.4) is 0 Å². The van der Waals surface area contributed by atoms with E-state index in [9.17, 15) is 0 Å². The molecule has 0 fully saturated rings. The van der Waals surface area contributed by atoms with E-state index < -0.39 is 0 Å². The van der Waals surface area contributed by atoms with Crippen molar-refractivity contribution in [3.8, 4) is 0 Å². The number of alkyl halides is 1. The quantitative estimate of drug-likeness (QED) is 0.559. The van der Waals surface area contributed by atoms with Crippen LogP contribution in [0.25, 0.3) is 0 Å². The van der Waals surface area contributed by atoms with Crippen LogP contribution in [-0.4, -0.2) is 10.9 Å². The molecule has 2 N–H and O–H groups in total. The fourth-order valence-corrected chi connectivity index (χ4v) is 0. The lowest BCUT2D eigenvalue weighted by atomic mass is 10.3. The van der Waals surface area contributed by atoms with Gasteiger partial charge >= 0.3 is 0 Å². The summed E-state index contributed by atoms with van der Waals surface area (Å²) in [5.41, 5.74) is 5.39. The average molecular weight is 152 g/mol. The molecule has 0 aliphatic heterocycles. The zero-order valence-electron chi connectivity index (χ0n) is 4.11. The van der Waals surface area contributed by atoms with Crippen molar-refractivity contribution in [3.05, 3.63) is 0 Å². The standard InChI is InChI=1S/C4H10BrN/c1-3(5)4(2)6/h3-4H,6H2,1-2H3/t3-,4+/m0/s1. The van der Waals surface area contributed by atoms with Crippen molar-refractivity contribution < 1.29 is 0 Å². The SMILES string of the molecule is C[C@H](Br)[C@@H](C)N. The Hall–Kier alpha value is 0.440. The van der Waals surface area contributed by atoms with E-state index in [-0.39, 0.29) is 6.04 Å². The van der Waals surface area contributed by atoms with Gasteiger partial charge < -0.3 is 5.73 Å². The molecule has 0 rings (SSSR count). The van der Waals surface area contributed by atoms with E-state index in [0.29, 0.717) is 4.83 Å². The van der Waals surface area contributed by atoms with E-state index in [4.69, 9.17) is 5.73 Å². The van der Waals surface area contributed by atoms with Crippen LogP contribution in [0.5, 0.6) is 0 Å². The van der Waals surface area contributed by atoms with E-state index in [1.807, 2.05) is 13.8 Å². The Labute approximate surface area is 47.0 Å². The smallest absolute Gasteiger partial charge is 0.0266 e.